The molecule has 1 aliphatic rings. The summed E-state index contributed by atoms with van der Waals surface area (Å²) in [7, 11) is 0. The fourth-order valence-electron chi connectivity index (χ4n) is 3.40. The molecule has 0 aromatic heterocycles. The van der Waals surface area contributed by atoms with Crippen molar-refractivity contribution < 1.29 is 23.9 Å². The Bertz CT molecular complexity index is 1370. The van der Waals surface area contributed by atoms with E-state index in [1.54, 1.807) is 54.6 Å². The number of carbonyl (C=O) groups is 3. The Kier molecular flexibility index (Phi) is 7.73. The summed E-state index contributed by atoms with van der Waals surface area (Å²) in [6.45, 7) is 4.11. The Morgan fingerprint density at radius 1 is 0.917 bits per heavy atom. The number of carbonyl (C=O) groups excluding carboxylic acids is 3. The first-order valence-corrected chi connectivity index (χ1v) is 11.5. The maximum atomic E-state index is 13.1. The van der Waals surface area contributed by atoms with Gasteiger partial charge in [0.1, 0.15) is 30.3 Å². The first-order valence-electron chi connectivity index (χ1n) is 10.8. The van der Waals surface area contributed by atoms with E-state index in [0.29, 0.717) is 27.1 Å². The minimum absolute atomic E-state index is 0.218. The molecule has 36 heavy (non-hydrogen) atoms. The van der Waals surface area contributed by atoms with Crippen LogP contribution in [0.15, 0.2) is 85.0 Å². The van der Waals surface area contributed by atoms with E-state index < -0.39 is 17.8 Å². The van der Waals surface area contributed by atoms with Crippen LogP contribution in [0.4, 0.5) is 10.5 Å². The molecule has 9 heteroatoms. The lowest BCUT2D eigenvalue weighted by Crippen LogP contribution is -2.54. The van der Waals surface area contributed by atoms with Crippen LogP contribution in [0.3, 0.4) is 0 Å². The van der Waals surface area contributed by atoms with E-state index in [0.717, 1.165) is 10.5 Å². The highest BCUT2D eigenvalue weighted by atomic mass is 35.5. The number of halogens is 2. The van der Waals surface area contributed by atoms with Gasteiger partial charge in [-0.3, -0.25) is 14.9 Å². The minimum atomic E-state index is -0.849. The van der Waals surface area contributed by atoms with Crippen LogP contribution in [0.25, 0.3) is 6.08 Å². The normalized spacial score (nSPS) is 14.6. The van der Waals surface area contributed by atoms with Gasteiger partial charge in [0, 0.05) is 10.6 Å². The number of nitrogens with zero attached hydrogens (tertiary/aromatic N) is 1. The molecule has 3 aromatic carbocycles. The molecule has 0 atom stereocenters. The van der Waals surface area contributed by atoms with Crippen LogP contribution >= 0.6 is 23.2 Å². The molecule has 1 N–H and O–H groups in total. The van der Waals surface area contributed by atoms with Gasteiger partial charge in [-0.1, -0.05) is 60.1 Å². The van der Waals surface area contributed by atoms with Crippen LogP contribution in [0, 0.1) is 0 Å². The van der Waals surface area contributed by atoms with Gasteiger partial charge in [-0.2, -0.15) is 0 Å². The molecule has 0 unspecified atom stereocenters. The van der Waals surface area contributed by atoms with E-state index in [9.17, 15) is 14.4 Å². The average molecular weight is 523 g/mol. The number of imide groups is 2. The van der Waals surface area contributed by atoms with Gasteiger partial charge in [0.2, 0.25) is 0 Å². The first-order chi connectivity index (χ1) is 17.4. The molecule has 1 aliphatic heterocycles. The van der Waals surface area contributed by atoms with Gasteiger partial charge >= 0.3 is 6.03 Å². The molecule has 0 bridgehead atoms. The van der Waals surface area contributed by atoms with Crippen LogP contribution in [-0.4, -0.2) is 24.5 Å². The number of ether oxygens (including phenoxy) is 2. The molecule has 4 rings (SSSR count). The number of anilines is 1. The number of hydrogen-bond acceptors (Lipinski definition) is 5. The van der Waals surface area contributed by atoms with Gasteiger partial charge in [-0.05, 0) is 54.1 Å². The number of amides is 4. The summed E-state index contributed by atoms with van der Waals surface area (Å²) in [4.78, 5) is 39.0. The first kappa shape index (κ1) is 25.0. The zero-order valence-electron chi connectivity index (χ0n) is 18.9. The lowest BCUT2D eigenvalue weighted by atomic mass is 10.1. The molecule has 1 heterocycles. The van der Waals surface area contributed by atoms with Crippen LogP contribution in [-0.2, 0) is 16.2 Å². The molecule has 4 amide bonds. The maximum Gasteiger partial charge on any atom is 0.335 e. The number of hydrogen-bond donors (Lipinski definition) is 1. The topological polar surface area (TPSA) is 84.9 Å². The summed E-state index contributed by atoms with van der Waals surface area (Å²) < 4.78 is 11.2. The van der Waals surface area contributed by atoms with Crippen LogP contribution in [0.1, 0.15) is 11.1 Å². The van der Waals surface area contributed by atoms with E-state index in [4.69, 9.17) is 32.7 Å². The Morgan fingerprint density at radius 3 is 2.36 bits per heavy atom. The smallest absolute Gasteiger partial charge is 0.335 e. The van der Waals surface area contributed by atoms with Gasteiger partial charge in [0.25, 0.3) is 11.8 Å². The fraction of sp³-hybridized carbons (Fsp3) is 0.0741. The van der Waals surface area contributed by atoms with Crippen molar-refractivity contribution in [2.45, 2.75) is 6.61 Å². The highest BCUT2D eigenvalue weighted by Crippen LogP contribution is 2.28. The number of urea groups is 1. The summed E-state index contributed by atoms with van der Waals surface area (Å²) in [6.07, 6.45) is 2.95. The Labute approximate surface area is 217 Å². The van der Waals surface area contributed by atoms with Crippen molar-refractivity contribution in [2.24, 2.45) is 0 Å². The highest BCUT2D eigenvalue weighted by Gasteiger charge is 2.36. The van der Waals surface area contributed by atoms with Gasteiger partial charge in [0.15, 0.2) is 0 Å². The molecule has 0 radical (unpaired) electrons. The number of rotatable bonds is 8. The zero-order valence-corrected chi connectivity index (χ0v) is 20.4. The van der Waals surface area contributed by atoms with Crippen molar-refractivity contribution in [3.8, 4) is 11.5 Å². The van der Waals surface area contributed by atoms with E-state index in [1.165, 1.54) is 6.08 Å². The molecular formula is C27H20Cl2N2O5. The van der Waals surface area contributed by atoms with Crippen LogP contribution < -0.4 is 19.7 Å². The quantitative estimate of drug-likeness (QED) is 0.229. The van der Waals surface area contributed by atoms with Crippen molar-refractivity contribution in [1.29, 1.82) is 0 Å². The van der Waals surface area contributed by atoms with Crippen LogP contribution in [0.2, 0.25) is 10.0 Å². The molecule has 182 valence electrons. The van der Waals surface area contributed by atoms with Gasteiger partial charge in [-0.15, -0.1) is 0 Å². The Hall–Kier alpha value is -4.07. The van der Waals surface area contributed by atoms with Crippen LogP contribution in [0.5, 0.6) is 11.5 Å². The largest absolute Gasteiger partial charge is 0.489 e. The third kappa shape index (κ3) is 5.59. The molecule has 0 saturated carbocycles. The monoisotopic (exact) mass is 522 g/mol. The molecule has 0 aliphatic carbocycles. The number of nitrogens with one attached hydrogen (secondary N) is 1. The second kappa shape index (κ2) is 11.1. The molecule has 0 spiro atoms. The van der Waals surface area contributed by atoms with Crippen molar-refractivity contribution in [3.63, 3.8) is 0 Å². The highest BCUT2D eigenvalue weighted by molar-refractivity contribution is 6.39. The summed E-state index contributed by atoms with van der Waals surface area (Å²) in [5, 5.41) is 3.09. The number of barbiturate groups is 1. The van der Waals surface area contributed by atoms with E-state index in [-0.39, 0.29) is 24.5 Å². The van der Waals surface area contributed by atoms with Gasteiger partial charge in [0.05, 0.1) is 10.7 Å². The van der Waals surface area contributed by atoms with Crippen molar-refractivity contribution in [1.82, 2.24) is 5.32 Å². The predicted molar refractivity (Wildman–Crippen MR) is 138 cm³/mol. The molecule has 7 nitrogen and oxygen atoms in total. The lowest BCUT2D eigenvalue weighted by Gasteiger charge is -2.26. The molecule has 1 saturated heterocycles. The second-order valence-corrected chi connectivity index (χ2v) is 8.44. The zero-order chi connectivity index (χ0) is 25.7. The van der Waals surface area contributed by atoms with Crippen molar-refractivity contribution in [2.75, 3.05) is 11.5 Å². The summed E-state index contributed by atoms with van der Waals surface area (Å²) >= 11 is 12.4. The molecule has 1 fully saturated rings. The summed E-state index contributed by atoms with van der Waals surface area (Å²) in [6, 6.07) is 17.6. The van der Waals surface area contributed by atoms with Crippen molar-refractivity contribution in [3.05, 3.63) is 106 Å². The van der Waals surface area contributed by atoms with Gasteiger partial charge in [-0.25, -0.2) is 9.69 Å². The Morgan fingerprint density at radius 2 is 1.67 bits per heavy atom. The standard InChI is InChI=1S/C27H20Cl2N2O5/c1-2-13-35-24-12-7-17(15-23(24)29)14-21-25(32)30-27(34)31(26(21)33)19-8-10-20(11-9-19)36-16-18-5-3-4-6-22(18)28/h2-12,14-15H,1,13,16H2,(H,30,32,34)/b21-14+. The SMILES string of the molecule is C=CCOc1ccc(/C=C2\C(=O)NC(=O)N(c3ccc(OCc4ccccc4Cl)cc3)C2=O)cc1Cl. The Balaban J connectivity index is 1.52. The third-order valence-electron chi connectivity index (χ3n) is 5.17. The van der Waals surface area contributed by atoms with Crippen molar-refractivity contribution >= 4 is 52.8 Å². The second-order valence-electron chi connectivity index (χ2n) is 7.62. The number of benzene rings is 3. The van der Waals surface area contributed by atoms with E-state index in [1.807, 2.05) is 18.2 Å². The van der Waals surface area contributed by atoms with E-state index in [2.05, 4.69) is 11.9 Å². The lowest BCUT2D eigenvalue weighted by molar-refractivity contribution is -0.122. The summed E-state index contributed by atoms with van der Waals surface area (Å²) in [5.41, 5.74) is 1.36. The predicted octanol–water partition coefficient (Wildman–Crippen LogP) is 5.80. The average Bonchev–Trinajstić information content (AvgIpc) is 2.86. The fourth-order valence-corrected chi connectivity index (χ4v) is 3.83. The molecular weight excluding hydrogens is 503 g/mol. The molecule has 3 aromatic rings. The summed E-state index contributed by atoms with van der Waals surface area (Å²) in [5.74, 6) is -0.615. The van der Waals surface area contributed by atoms with Gasteiger partial charge < -0.3 is 9.47 Å². The maximum absolute atomic E-state index is 13.1. The minimum Gasteiger partial charge on any atom is -0.489 e. The third-order valence-corrected chi connectivity index (χ3v) is 5.84. The van der Waals surface area contributed by atoms with E-state index >= 15 is 0 Å².